The Morgan fingerprint density at radius 3 is 2.57 bits per heavy atom. The molecule has 0 bridgehead atoms. The molecule has 4 rings (SSSR count). The molecule has 0 aliphatic carbocycles. The smallest absolute Gasteiger partial charge is 0.433 e. The van der Waals surface area contributed by atoms with Gasteiger partial charge in [-0.1, -0.05) is 23.7 Å². The van der Waals surface area contributed by atoms with E-state index in [0.717, 1.165) is 23.6 Å². The molecule has 3 aromatic rings. The number of nitrogens with zero attached hydrogens (tertiary/aromatic N) is 2. The summed E-state index contributed by atoms with van der Waals surface area (Å²) in [5.74, 6) is -0.115. The number of nitrogens with one attached hydrogen (secondary N) is 1. The minimum atomic E-state index is -4.58. The first kappa shape index (κ1) is 25.4. The summed E-state index contributed by atoms with van der Waals surface area (Å²) in [4.78, 5) is 16.1. The highest BCUT2D eigenvalue weighted by atomic mass is 35.5. The molecule has 1 saturated heterocycles. The summed E-state index contributed by atoms with van der Waals surface area (Å²) < 4.78 is 71.4. The molecular weight excluding hydrogens is 527 g/mol. The number of rotatable bonds is 7. The summed E-state index contributed by atoms with van der Waals surface area (Å²) in [5, 5.41) is 2.75. The molecule has 1 fully saturated rings. The maximum absolute atomic E-state index is 12.9. The van der Waals surface area contributed by atoms with Crippen molar-refractivity contribution in [1.82, 2.24) is 14.6 Å². The monoisotopic (exact) mass is 545 g/mol. The lowest BCUT2D eigenvalue weighted by molar-refractivity contribution is -0.141. The summed E-state index contributed by atoms with van der Waals surface area (Å²) >= 11 is 6.81. The van der Waals surface area contributed by atoms with Crippen molar-refractivity contribution >= 4 is 38.9 Å². The third kappa shape index (κ3) is 5.95. The lowest BCUT2D eigenvalue weighted by Gasteiger charge is -2.22. The van der Waals surface area contributed by atoms with E-state index in [1.807, 2.05) is 0 Å². The molecule has 0 saturated carbocycles. The number of carbonyl (C=O) groups is 1. The number of thiophene rings is 1. The number of amides is 1. The van der Waals surface area contributed by atoms with Gasteiger partial charge in [-0.2, -0.15) is 17.5 Å². The lowest BCUT2D eigenvalue weighted by Crippen LogP contribution is -2.45. The van der Waals surface area contributed by atoms with Gasteiger partial charge in [-0.05, 0) is 48.7 Å². The van der Waals surface area contributed by atoms with E-state index in [-0.39, 0.29) is 23.0 Å². The van der Waals surface area contributed by atoms with Crippen molar-refractivity contribution in [3.05, 3.63) is 70.3 Å². The van der Waals surface area contributed by atoms with Gasteiger partial charge in [0.25, 0.3) is 10.0 Å². The second-order valence-electron chi connectivity index (χ2n) is 7.67. The Morgan fingerprint density at radius 1 is 1.17 bits per heavy atom. The zero-order chi connectivity index (χ0) is 25.2. The molecule has 1 atom stereocenters. The van der Waals surface area contributed by atoms with Crippen LogP contribution in [0.4, 0.5) is 13.2 Å². The van der Waals surface area contributed by atoms with E-state index in [1.165, 1.54) is 22.5 Å². The topological polar surface area (TPSA) is 88.6 Å². The van der Waals surface area contributed by atoms with Crippen molar-refractivity contribution in [2.75, 3.05) is 6.54 Å². The molecule has 1 amide bonds. The van der Waals surface area contributed by atoms with Crippen LogP contribution >= 0.6 is 22.9 Å². The number of pyridine rings is 1. The zero-order valence-corrected chi connectivity index (χ0v) is 20.3. The first-order valence-corrected chi connectivity index (χ1v) is 13.0. The van der Waals surface area contributed by atoms with Gasteiger partial charge in [-0.3, -0.25) is 9.78 Å². The molecule has 2 aromatic heterocycles. The predicted molar refractivity (Wildman–Crippen MR) is 124 cm³/mol. The van der Waals surface area contributed by atoms with E-state index in [0.29, 0.717) is 28.5 Å². The summed E-state index contributed by atoms with van der Waals surface area (Å²) in [6.07, 6.45) is -2.59. The first-order valence-electron chi connectivity index (χ1n) is 10.4. The van der Waals surface area contributed by atoms with Gasteiger partial charge in [0.05, 0.1) is 4.34 Å². The number of ether oxygens (including phenoxy) is 1. The van der Waals surface area contributed by atoms with E-state index < -0.39 is 33.8 Å². The van der Waals surface area contributed by atoms with Gasteiger partial charge in [0, 0.05) is 25.4 Å². The fourth-order valence-electron chi connectivity index (χ4n) is 3.59. The van der Waals surface area contributed by atoms with Crippen LogP contribution in [0.25, 0.3) is 0 Å². The Labute approximate surface area is 208 Å². The van der Waals surface area contributed by atoms with E-state index in [9.17, 15) is 26.4 Å². The molecule has 0 spiro atoms. The number of alkyl halides is 3. The standard InChI is InChI=1S/C22H19ClF3N3O4S2/c23-19-7-8-20(34-19)35(31,32)29-11-1-2-17(29)21(30)28-13-14-3-5-15(6-4-14)33-16-9-10-27-18(12-16)22(24,25)26/h3-10,12,17H,1-2,11,13H2,(H,28,30)/t17-/m0/s1. The fraction of sp³-hybridized carbons (Fsp3) is 0.273. The second-order valence-corrected chi connectivity index (χ2v) is 11.5. The summed E-state index contributed by atoms with van der Waals surface area (Å²) in [7, 11) is -3.83. The molecule has 1 N–H and O–H groups in total. The van der Waals surface area contributed by atoms with Gasteiger partial charge in [-0.25, -0.2) is 8.42 Å². The van der Waals surface area contributed by atoms with Crippen LogP contribution in [0.2, 0.25) is 4.34 Å². The Morgan fingerprint density at radius 2 is 1.91 bits per heavy atom. The number of hydrogen-bond acceptors (Lipinski definition) is 6. The van der Waals surface area contributed by atoms with E-state index in [4.69, 9.17) is 16.3 Å². The van der Waals surface area contributed by atoms with Crippen LogP contribution in [0.3, 0.4) is 0 Å². The molecule has 1 aromatic carbocycles. The number of benzene rings is 1. The predicted octanol–water partition coefficient (Wildman–Crippen LogP) is 5.08. The Kier molecular flexibility index (Phi) is 7.36. The average Bonchev–Trinajstić information content (AvgIpc) is 3.48. The van der Waals surface area contributed by atoms with Gasteiger partial charge in [0.2, 0.25) is 5.91 Å². The molecule has 1 aliphatic heterocycles. The van der Waals surface area contributed by atoms with Crippen LogP contribution in [0.15, 0.2) is 58.9 Å². The number of carbonyl (C=O) groups excluding carboxylic acids is 1. The van der Waals surface area contributed by atoms with Gasteiger partial charge in [-0.15, -0.1) is 11.3 Å². The van der Waals surface area contributed by atoms with E-state index in [1.54, 1.807) is 24.3 Å². The Bertz CT molecular complexity index is 1310. The summed E-state index contributed by atoms with van der Waals surface area (Å²) in [6.45, 7) is 0.384. The van der Waals surface area contributed by atoms with Crippen LogP contribution in [-0.4, -0.2) is 36.2 Å². The largest absolute Gasteiger partial charge is 0.457 e. The number of halogens is 4. The van der Waals surface area contributed by atoms with Crippen molar-refractivity contribution in [3.8, 4) is 11.5 Å². The Balaban J connectivity index is 1.36. The molecule has 0 radical (unpaired) electrons. The molecule has 186 valence electrons. The third-order valence-corrected chi connectivity index (χ3v) is 8.87. The highest BCUT2D eigenvalue weighted by Gasteiger charge is 2.40. The van der Waals surface area contributed by atoms with Crippen LogP contribution in [0.1, 0.15) is 24.1 Å². The van der Waals surface area contributed by atoms with Gasteiger partial charge >= 0.3 is 6.18 Å². The van der Waals surface area contributed by atoms with Crippen molar-refractivity contribution in [1.29, 1.82) is 0 Å². The fourth-order valence-corrected chi connectivity index (χ4v) is 6.86. The third-order valence-electron chi connectivity index (χ3n) is 5.27. The second kappa shape index (κ2) is 10.1. The highest BCUT2D eigenvalue weighted by Crippen LogP contribution is 2.33. The van der Waals surface area contributed by atoms with Gasteiger partial charge in [0.15, 0.2) is 0 Å². The van der Waals surface area contributed by atoms with Gasteiger partial charge in [0.1, 0.15) is 27.4 Å². The van der Waals surface area contributed by atoms with E-state index >= 15 is 0 Å². The van der Waals surface area contributed by atoms with Crippen LogP contribution in [-0.2, 0) is 27.5 Å². The number of sulfonamides is 1. The van der Waals surface area contributed by atoms with Crippen molar-refractivity contribution < 1.29 is 31.1 Å². The minimum Gasteiger partial charge on any atom is -0.457 e. The summed E-state index contributed by atoms with van der Waals surface area (Å²) in [6, 6.07) is 10.6. The lowest BCUT2D eigenvalue weighted by atomic mass is 10.2. The molecule has 35 heavy (non-hydrogen) atoms. The van der Waals surface area contributed by atoms with Crippen LogP contribution in [0, 0.1) is 0 Å². The molecule has 1 aliphatic rings. The summed E-state index contributed by atoms with van der Waals surface area (Å²) in [5.41, 5.74) is -0.353. The van der Waals surface area contributed by atoms with Crippen LogP contribution in [0.5, 0.6) is 11.5 Å². The van der Waals surface area contributed by atoms with Crippen molar-refractivity contribution in [2.45, 2.75) is 35.8 Å². The molecule has 7 nitrogen and oxygen atoms in total. The number of hydrogen-bond donors (Lipinski definition) is 1. The van der Waals surface area contributed by atoms with Crippen molar-refractivity contribution in [2.24, 2.45) is 0 Å². The average molecular weight is 546 g/mol. The highest BCUT2D eigenvalue weighted by molar-refractivity contribution is 7.91. The van der Waals surface area contributed by atoms with Gasteiger partial charge < -0.3 is 10.1 Å². The van der Waals surface area contributed by atoms with Crippen LogP contribution < -0.4 is 10.1 Å². The number of aromatic nitrogens is 1. The molecule has 13 heteroatoms. The van der Waals surface area contributed by atoms with E-state index in [2.05, 4.69) is 10.3 Å². The first-order chi connectivity index (χ1) is 16.5. The Hall–Kier alpha value is -2.67. The quantitative estimate of drug-likeness (QED) is 0.447. The maximum Gasteiger partial charge on any atom is 0.433 e. The molecule has 3 heterocycles. The normalized spacial score (nSPS) is 16.9. The molecule has 0 unspecified atom stereocenters. The molecular formula is C22H19ClF3N3O4S2. The van der Waals surface area contributed by atoms with Crippen molar-refractivity contribution in [3.63, 3.8) is 0 Å². The maximum atomic E-state index is 12.9. The minimum absolute atomic E-state index is 0.0112. The zero-order valence-electron chi connectivity index (χ0n) is 18.0. The SMILES string of the molecule is O=C(NCc1ccc(Oc2ccnc(C(F)(F)F)c2)cc1)[C@@H]1CCCN1S(=O)(=O)c1ccc(Cl)s1.